The van der Waals surface area contributed by atoms with Gasteiger partial charge in [0.25, 0.3) is 17.7 Å². The van der Waals surface area contributed by atoms with Gasteiger partial charge in [-0.25, -0.2) is 0 Å². The van der Waals surface area contributed by atoms with Gasteiger partial charge in [-0.05, 0) is 37.3 Å². The molecule has 11 heteroatoms. The molecule has 32 heavy (non-hydrogen) atoms. The molecular weight excluding hydrogens is 453 g/mol. The Bertz CT molecular complexity index is 1120. The van der Waals surface area contributed by atoms with E-state index in [1.807, 2.05) is 0 Å². The summed E-state index contributed by atoms with van der Waals surface area (Å²) < 4.78 is 43.4. The maximum absolute atomic E-state index is 12.9. The summed E-state index contributed by atoms with van der Waals surface area (Å²) in [5, 5.41) is 1.65. The number of nitrogens with zero attached hydrogens (tertiary/aromatic N) is 1. The molecule has 0 unspecified atom stereocenters. The quantitative estimate of drug-likeness (QED) is 0.513. The van der Waals surface area contributed by atoms with Crippen LogP contribution >= 0.6 is 11.6 Å². The van der Waals surface area contributed by atoms with Crippen molar-refractivity contribution >= 4 is 41.0 Å². The zero-order valence-corrected chi connectivity index (χ0v) is 17.3. The average molecular weight is 469 g/mol. The van der Waals surface area contributed by atoms with Crippen LogP contribution in [-0.2, 0) is 20.5 Å². The lowest BCUT2D eigenvalue weighted by Crippen LogP contribution is -2.32. The highest BCUT2D eigenvalue weighted by atomic mass is 35.5. The van der Waals surface area contributed by atoms with Crippen LogP contribution in [0, 0.1) is 6.92 Å². The van der Waals surface area contributed by atoms with E-state index >= 15 is 0 Å². The van der Waals surface area contributed by atoms with E-state index in [0.29, 0.717) is 6.07 Å². The van der Waals surface area contributed by atoms with Crippen LogP contribution < -0.4 is 5.32 Å². The molecule has 168 valence electrons. The summed E-state index contributed by atoms with van der Waals surface area (Å²) in [6, 6.07) is 7.62. The molecule has 0 radical (unpaired) electrons. The molecule has 2 aromatic carbocycles. The number of anilines is 1. The SMILES string of the molecule is Cc1ccc2c(c1)C(=O)N(CCC(=O)OCC(=O)Nc1ccc(Cl)c(C(F)(F)F)c1)C2=O. The predicted octanol–water partition coefficient (Wildman–Crippen LogP) is 3.84. The van der Waals surface area contributed by atoms with Gasteiger partial charge in [-0.15, -0.1) is 0 Å². The van der Waals surface area contributed by atoms with Crippen molar-refractivity contribution in [3.63, 3.8) is 0 Å². The summed E-state index contributed by atoms with van der Waals surface area (Å²) in [5.41, 5.74) is 0.00729. The van der Waals surface area contributed by atoms with Crippen LogP contribution in [0.4, 0.5) is 18.9 Å². The van der Waals surface area contributed by atoms with Gasteiger partial charge in [0.15, 0.2) is 6.61 Å². The van der Waals surface area contributed by atoms with E-state index in [0.717, 1.165) is 16.5 Å². The molecule has 1 N–H and O–H groups in total. The van der Waals surface area contributed by atoms with Crippen LogP contribution in [0.15, 0.2) is 36.4 Å². The topological polar surface area (TPSA) is 92.8 Å². The molecule has 0 atom stereocenters. The van der Waals surface area contributed by atoms with Gasteiger partial charge in [0.2, 0.25) is 0 Å². The number of rotatable bonds is 6. The first-order valence-electron chi connectivity index (χ1n) is 9.26. The second kappa shape index (κ2) is 8.99. The molecule has 0 saturated heterocycles. The van der Waals surface area contributed by atoms with Crippen LogP contribution in [-0.4, -0.2) is 41.7 Å². The molecule has 2 aromatic rings. The summed E-state index contributed by atoms with van der Waals surface area (Å²) >= 11 is 5.51. The maximum Gasteiger partial charge on any atom is 0.417 e. The Kier molecular flexibility index (Phi) is 6.54. The Balaban J connectivity index is 1.50. The molecule has 0 aliphatic carbocycles. The lowest BCUT2D eigenvalue weighted by Gasteiger charge is -2.13. The molecule has 3 amide bonds. The molecule has 7 nitrogen and oxygen atoms in total. The van der Waals surface area contributed by atoms with E-state index in [-0.39, 0.29) is 29.8 Å². The number of hydrogen-bond acceptors (Lipinski definition) is 5. The molecule has 0 spiro atoms. The van der Waals surface area contributed by atoms with Crippen molar-refractivity contribution in [2.45, 2.75) is 19.5 Å². The standard InChI is InChI=1S/C21H16ClF3N2O5/c1-11-2-4-13-14(8-11)20(31)27(19(13)30)7-6-18(29)32-10-17(28)26-12-3-5-16(22)15(9-12)21(23,24)25/h2-5,8-9H,6-7,10H2,1H3,(H,26,28). The van der Waals surface area contributed by atoms with Crippen LogP contribution in [0.3, 0.4) is 0 Å². The van der Waals surface area contributed by atoms with Crippen molar-refractivity contribution in [1.82, 2.24) is 4.90 Å². The highest BCUT2D eigenvalue weighted by Gasteiger charge is 2.36. The van der Waals surface area contributed by atoms with Gasteiger partial charge in [-0.1, -0.05) is 23.2 Å². The molecule has 1 heterocycles. The molecule has 0 fully saturated rings. The fraction of sp³-hybridized carbons (Fsp3) is 0.238. The molecule has 0 aromatic heterocycles. The van der Waals surface area contributed by atoms with Crippen molar-refractivity contribution < 1.29 is 37.1 Å². The van der Waals surface area contributed by atoms with E-state index in [9.17, 15) is 32.3 Å². The van der Waals surface area contributed by atoms with E-state index < -0.39 is 47.1 Å². The second-order valence-corrected chi connectivity index (χ2v) is 7.37. The van der Waals surface area contributed by atoms with E-state index in [1.165, 1.54) is 12.1 Å². The van der Waals surface area contributed by atoms with E-state index in [2.05, 4.69) is 5.32 Å². The lowest BCUT2D eigenvalue weighted by molar-refractivity contribution is -0.147. The number of halogens is 4. The summed E-state index contributed by atoms with van der Waals surface area (Å²) in [4.78, 5) is 49.4. The number of benzene rings is 2. The number of carbonyl (C=O) groups excluding carboxylic acids is 4. The fourth-order valence-electron chi connectivity index (χ4n) is 3.05. The Morgan fingerprint density at radius 2 is 1.75 bits per heavy atom. The van der Waals surface area contributed by atoms with Gasteiger partial charge in [0.05, 0.1) is 28.1 Å². The van der Waals surface area contributed by atoms with Crippen molar-refractivity contribution in [3.05, 3.63) is 63.7 Å². The summed E-state index contributed by atoms with van der Waals surface area (Å²) in [6.07, 6.45) is -5.05. The van der Waals surface area contributed by atoms with Gasteiger partial charge < -0.3 is 10.1 Å². The average Bonchev–Trinajstić information content (AvgIpc) is 2.95. The van der Waals surface area contributed by atoms with Crippen molar-refractivity contribution in [2.75, 3.05) is 18.5 Å². The largest absolute Gasteiger partial charge is 0.456 e. The van der Waals surface area contributed by atoms with Crippen LogP contribution in [0.5, 0.6) is 0 Å². The van der Waals surface area contributed by atoms with Crippen molar-refractivity contribution in [1.29, 1.82) is 0 Å². The van der Waals surface area contributed by atoms with Gasteiger partial charge in [0, 0.05) is 12.2 Å². The normalized spacial score (nSPS) is 13.2. The number of nitrogens with one attached hydrogen (secondary N) is 1. The molecular formula is C21H16ClF3N2O5. The number of carbonyl (C=O) groups is 4. The van der Waals surface area contributed by atoms with Gasteiger partial charge in [0.1, 0.15) is 0 Å². The first-order valence-corrected chi connectivity index (χ1v) is 9.64. The molecule has 1 aliphatic rings. The summed E-state index contributed by atoms with van der Waals surface area (Å²) in [7, 11) is 0. The van der Waals surface area contributed by atoms with Crippen molar-refractivity contribution in [2.24, 2.45) is 0 Å². The van der Waals surface area contributed by atoms with Crippen molar-refractivity contribution in [3.8, 4) is 0 Å². The number of fused-ring (bicyclic) bond motifs is 1. The Morgan fingerprint density at radius 1 is 1.06 bits per heavy atom. The number of amides is 3. The first-order chi connectivity index (χ1) is 15.0. The number of hydrogen-bond donors (Lipinski definition) is 1. The zero-order chi connectivity index (χ0) is 23.6. The number of aryl methyl sites for hydroxylation is 1. The Labute approximate surface area is 185 Å². The number of imide groups is 1. The number of esters is 1. The van der Waals surface area contributed by atoms with Crippen LogP contribution in [0.2, 0.25) is 5.02 Å². The Morgan fingerprint density at radius 3 is 2.44 bits per heavy atom. The van der Waals surface area contributed by atoms with Gasteiger partial charge >= 0.3 is 12.1 Å². The highest BCUT2D eigenvalue weighted by molar-refractivity contribution is 6.31. The third-order valence-electron chi connectivity index (χ3n) is 4.59. The predicted molar refractivity (Wildman–Crippen MR) is 107 cm³/mol. The number of ether oxygens (including phenoxy) is 1. The summed E-state index contributed by atoms with van der Waals surface area (Å²) in [6.45, 7) is 0.777. The second-order valence-electron chi connectivity index (χ2n) is 6.96. The third-order valence-corrected chi connectivity index (χ3v) is 4.92. The van der Waals surface area contributed by atoms with Crippen LogP contribution in [0.25, 0.3) is 0 Å². The summed E-state index contributed by atoms with van der Waals surface area (Å²) in [5.74, 6) is -2.79. The monoisotopic (exact) mass is 468 g/mol. The van der Waals surface area contributed by atoms with E-state index in [1.54, 1.807) is 19.1 Å². The zero-order valence-electron chi connectivity index (χ0n) is 16.6. The minimum atomic E-state index is -4.70. The fourth-order valence-corrected chi connectivity index (χ4v) is 3.27. The van der Waals surface area contributed by atoms with Gasteiger partial charge in [-0.3, -0.25) is 24.1 Å². The molecule has 1 aliphatic heterocycles. The third kappa shape index (κ3) is 5.08. The molecule has 3 rings (SSSR count). The lowest BCUT2D eigenvalue weighted by atomic mass is 10.1. The smallest absolute Gasteiger partial charge is 0.417 e. The van der Waals surface area contributed by atoms with Gasteiger partial charge in [-0.2, -0.15) is 13.2 Å². The minimum absolute atomic E-state index is 0.177. The number of alkyl halides is 3. The first kappa shape index (κ1) is 23.3. The Hall–Kier alpha value is -3.40. The molecule has 0 saturated carbocycles. The maximum atomic E-state index is 12.9. The van der Waals surface area contributed by atoms with Crippen LogP contribution in [0.1, 0.15) is 38.3 Å². The van der Waals surface area contributed by atoms with E-state index in [4.69, 9.17) is 16.3 Å². The highest BCUT2D eigenvalue weighted by Crippen LogP contribution is 2.36. The minimum Gasteiger partial charge on any atom is -0.456 e. The molecule has 0 bridgehead atoms.